The molecule has 0 heterocycles. The van der Waals surface area contributed by atoms with Crippen molar-refractivity contribution in [3.05, 3.63) is 11.8 Å². The summed E-state index contributed by atoms with van der Waals surface area (Å²) in [6, 6.07) is 0. The van der Waals surface area contributed by atoms with E-state index in [0.29, 0.717) is 5.57 Å². The molecular formula is C6H12N2O. The fourth-order valence-corrected chi connectivity index (χ4v) is 0.326. The minimum Gasteiger partial charge on any atom is -0.391 e. The van der Waals surface area contributed by atoms with Crippen LogP contribution in [0.5, 0.6) is 0 Å². The van der Waals surface area contributed by atoms with Gasteiger partial charge in [-0.1, -0.05) is 0 Å². The van der Waals surface area contributed by atoms with Crippen LogP contribution in [0.25, 0.3) is 0 Å². The first-order valence-electron chi connectivity index (χ1n) is 2.88. The Kier molecular flexibility index (Phi) is 3.51. The van der Waals surface area contributed by atoms with Crippen molar-refractivity contribution in [2.75, 3.05) is 6.54 Å². The molecule has 0 atom stereocenters. The zero-order valence-electron chi connectivity index (χ0n) is 5.77. The van der Waals surface area contributed by atoms with Gasteiger partial charge in [0, 0.05) is 18.3 Å². The molecule has 0 fully saturated rings. The van der Waals surface area contributed by atoms with Gasteiger partial charge in [0.05, 0.1) is 0 Å². The molecule has 0 aromatic carbocycles. The van der Waals surface area contributed by atoms with E-state index >= 15 is 0 Å². The first kappa shape index (κ1) is 8.01. The molecular weight excluding hydrogens is 116 g/mol. The Morgan fingerprint density at radius 2 is 2.33 bits per heavy atom. The van der Waals surface area contributed by atoms with E-state index in [2.05, 4.69) is 5.32 Å². The Morgan fingerprint density at radius 1 is 1.78 bits per heavy atom. The molecule has 0 aliphatic rings. The summed E-state index contributed by atoms with van der Waals surface area (Å²) in [6.07, 6.45) is 1.61. The molecule has 0 saturated carbocycles. The van der Waals surface area contributed by atoms with E-state index in [4.69, 9.17) is 5.73 Å². The molecule has 0 aliphatic carbocycles. The molecule has 1 amide bonds. The zero-order valence-corrected chi connectivity index (χ0v) is 5.77. The van der Waals surface area contributed by atoms with Crippen molar-refractivity contribution in [3.63, 3.8) is 0 Å². The smallest absolute Gasteiger partial charge is 0.245 e. The molecule has 9 heavy (non-hydrogen) atoms. The van der Waals surface area contributed by atoms with Gasteiger partial charge in [-0.3, -0.25) is 4.79 Å². The van der Waals surface area contributed by atoms with Crippen LogP contribution in [0, 0.1) is 0 Å². The Morgan fingerprint density at radius 3 is 2.67 bits per heavy atom. The highest BCUT2D eigenvalue weighted by Crippen LogP contribution is 1.84. The summed E-state index contributed by atoms with van der Waals surface area (Å²) >= 11 is 0. The summed E-state index contributed by atoms with van der Waals surface area (Å²) < 4.78 is 0. The van der Waals surface area contributed by atoms with Crippen molar-refractivity contribution in [1.29, 1.82) is 0 Å². The molecule has 0 bridgehead atoms. The maximum Gasteiger partial charge on any atom is 0.245 e. The maximum atomic E-state index is 10.3. The lowest BCUT2D eigenvalue weighted by Crippen LogP contribution is -2.15. The Balaban J connectivity index is 3.69. The van der Waals surface area contributed by atoms with Crippen LogP contribution in [-0.2, 0) is 4.79 Å². The number of carbonyl (C=O) groups excluding carboxylic acids is 1. The van der Waals surface area contributed by atoms with Gasteiger partial charge >= 0.3 is 0 Å². The van der Waals surface area contributed by atoms with E-state index in [9.17, 15) is 4.79 Å². The van der Waals surface area contributed by atoms with Gasteiger partial charge in [0.1, 0.15) is 0 Å². The topological polar surface area (TPSA) is 55.1 Å². The van der Waals surface area contributed by atoms with Crippen molar-refractivity contribution in [2.24, 2.45) is 5.73 Å². The standard InChI is InChI=1S/C6H12N2O/c1-3-8-4-5(2)6(7)9/h4,8H,3H2,1-2H3,(H2,7,9). The Labute approximate surface area is 54.9 Å². The van der Waals surface area contributed by atoms with Gasteiger partial charge in [-0.2, -0.15) is 0 Å². The molecule has 0 saturated heterocycles. The summed E-state index contributed by atoms with van der Waals surface area (Å²) in [7, 11) is 0. The predicted molar refractivity (Wildman–Crippen MR) is 36.6 cm³/mol. The van der Waals surface area contributed by atoms with Crippen LogP contribution in [0.3, 0.4) is 0 Å². The second-order valence-electron chi connectivity index (χ2n) is 1.75. The third kappa shape index (κ3) is 3.58. The van der Waals surface area contributed by atoms with Crippen LogP contribution in [-0.4, -0.2) is 12.5 Å². The fraction of sp³-hybridized carbons (Fsp3) is 0.500. The van der Waals surface area contributed by atoms with Crippen molar-refractivity contribution in [3.8, 4) is 0 Å². The number of nitrogens with one attached hydrogen (secondary N) is 1. The number of nitrogens with two attached hydrogens (primary N) is 1. The molecule has 52 valence electrons. The molecule has 0 spiro atoms. The predicted octanol–water partition coefficient (Wildman–Crippen LogP) is -0.0150. The normalized spacial score (nSPS) is 11.1. The van der Waals surface area contributed by atoms with Crippen LogP contribution >= 0.6 is 0 Å². The maximum absolute atomic E-state index is 10.3. The zero-order chi connectivity index (χ0) is 7.28. The van der Waals surface area contributed by atoms with Crippen LogP contribution in [0.4, 0.5) is 0 Å². The lowest BCUT2D eigenvalue weighted by molar-refractivity contribution is -0.114. The fourth-order valence-electron chi connectivity index (χ4n) is 0.326. The van der Waals surface area contributed by atoms with Crippen LogP contribution in [0.2, 0.25) is 0 Å². The van der Waals surface area contributed by atoms with Gasteiger partial charge in [0.25, 0.3) is 0 Å². The highest BCUT2D eigenvalue weighted by atomic mass is 16.1. The highest BCUT2D eigenvalue weighted by molar-refractivity contribution is 5.91. The summed E-state index contributed by atoms with van der Waals surface area (Å²) in [4.78, 5) is 10.3. The Hall–Kier alpha value is -0.990. The quantitative estimate of drug-likeness (QED) is 0.525. The molecule has 0 aromatic rings. The van der Waals surface area contributed by atoms with Gasteiger partial charge in [0.2, 0.25) is 5.91 Å². The van der Waals surface area contributed by atoms with E-state index in [0.717, 1.165) is 6.54 Å². The number of carbonyl (C=O) groups is 1. The summed E-state index contributed by atoms with van der Waals surface area (Å²) in [6.45, 7) is 4.43. The second kappa shape index (κ2) is 3.95. The molecule has 0 unspecified atom stereocenters. The summed E-state index contributed by atoms with van der Waals surface area (Å²) in [5, 5.41) is 2.87. The van der Waals surface area contributed by atoms with E-state index in [1.807, 2.05) is 6.92 Å². The van der Waals surface area contributed by atoms with Gasteiger partial charge in [-0.15, -0.1) is 0 Å². The van der Waals surface area contributed by atoms with E-state index in [-0.39, 0.29) is 5.91 Å². The highest BCUT2D eigenvalue weighted by Gasteiger charge is 1.92. The monoisotopic (exact) mass is 128 g/mol. The lowest BCUT2D eigenvalue weighted by atomic mass is 10.3. The number of hydrogen-bond acceptors (Lipinski definition) is 2. The van der Waals surface area contributed by atoms with Crippen molar-refractivity contribution < 1.29 is 4.79 Å². The molecule has 0 aromatic heterocycles. The largest absolute Gasteiger partial charge is 0.391 e. The molecule has 3 nitrogen and oxygen atoms in total. The minimum absolute atomic E-state index is 0.379. The van der Waals surface area contributed by atoms with E-state index < -0.39 is 0 Å². The number of primary amides is 1. The van der Waals surface area contributed by atoms with E-state index in [1.54, 1.807) is 13.1 Å². The van der Waals surface area contributed by atoms with Crippen molar-refractivity contribution in [2.45, 2.75) is 13.8 Å². The van der Waals surface area contributed by atoms with Gasteiger partial charge in [-0.05, 0) is 13.8 Å². The second-order valence-corrected chi connectivity index (χ2v) is 1.75. The van der Waals surface area contributed by atoms with Crippen molar-refractivity contribution >= 4 is 5.91 Å². The third-order valence-electron chi connectivity index (χ3n) is 0.911. The number of hydrogen-bond donors (Lipinski definition) is 2. The average molecular weight is 128 g/mol. The summed E-state index contributed by atoms with van der Waals surface area (Å²) in [5.74, 6) is -0.379. The Bertz CT molecular complexity index is 129. The van der Waals surface area contributed by atoms with Crippen LogP contribution in [0.1, 0.15) is 13.8 Å². The third-order valence-corrected chi connectivity index (χ3v) is 0.911. The van der Waals surface area contributed by atoms with Gasteiger partial charge < -0.3 is 11.1 Å². The first-order valence-corrected chi connectivity index (χ1v) is 2.88. The molecule has 0 aliphatic heterocycles. The van der Waals surface area contributed by atoms with E-state index in [1.165, 1.54) is 0 Å². The molecule has 0 radical (unpaired) electrons. The minimum atomic E-state index is -0.379. The number of amides is 1. The summed E-state index contributed by atoms with van der Waals surface area (Å²) in [5.41, 5.74) is 5.48. The molecule has 0 rings (SSSR count). The van der Waals surface area contributed by atoms with Crippen LogP contribution in [0.15, 0.2) is 11.8 Å². The average Bonchev–Trinajstić information content (AvgIpc) is 1.82. The van der Waals surface area contributed by atoms with Gasteiger partial charge in [-0.25, -0.2) is 0 Å². The van der Waals surface area contributed by atoms with Gasteiger partial charge in [0.15, 0.2) is 0 Å². The number of rotatable bonds is 3. The lowest BCUT2D eigenvalue weighted by Gasteiger charge is -1.94. The van der Waals surface area contributed by atoms with Crippen LogP contribution < -0.4 is 11.1 Å². The molecule has 3 N–H and O–H groups in total. The SMILES string of the molecule is CCNC=C(C)C(N)=O. The molecule has 3 heteroatoms. The van der Waals surface area contributed by atoms with Crippen molar-refractivity contribution in [1.82, 2.24) is 5.32 Å². The first-order chi connectivity index (χ1) is 4.18.